The molecular formula is C24H30N4O3. The molecule has 0 bridgehead atoms. The number of hydrogen-bond donors (Lipinski definition) is 0. The third kappa shape index (κ3) is 4.93. The molecule has 0 unspecified atom stereocenters. The van der Waals surface area contributed by atoms with Crippen molar-refractivity contribution in [3.63, 3.8) is 0 Å². The SMILES string of the molecule is Cc1nc([C@H]2CCCN(C(=O)c3ccccc3)C2)nc(C)c1CC(=O)N1CCOCC1. The van der Waals surface area contributed by atoms with Crippen molar-refractivity contribution >= 4 is 11.8 Å². The highest BCUT2D eigenvalue weighted by Gasteiger charge is 2.28. The minimum absolute atomic E-state index is 0.0615. The number of rotatable bonds is 4. The van der Waals surface area contributed by atoms with E-state index >= 15 is 0 Å². The lowest BCUT2D eigenvalue weighted by Crippen LogP contribution is -2.41. The first-order valence-corrected chi connectivity index (χ1v) is 11.1. The number of nitrogens with zero attached hydrogens (tertiary/aromatic N) is 4. The van der Waals surface area contributed by atoms with Crippen LogP contribution < -0.4 is 0 Å². The van der Waals surface area contributed by atoms with Gasteiger partial charge < -0.3 is 14.5 Å². The first-order chi connectivity index (χ1) is 15.0. The summed E-state index contributed by atoms with van der Waals surface area (Å²) in [5, 5.41) is 0. The van der Waals surface area contributed by atoms with Gasteiger partial charge in [0, 0.05) is 54.6 Å². The molecule has 1 atom stereocenters. The fourth-order valence-corrected chi connectivity index (χ4v) is 4.42. The number of likely N-dealkylation sites (tertiary alicyclic amines) is 1. The van der Waals surface area contributed by atoms with Crippen LogP contribution in [0, 0.1) is 13.8 Å². The summed E-state index contributed by atoms with van der Waals surface area (Å²) in [5.74, 6) is 1.06. The third-order valence-electron chi connectivity index (χ3n) is 6.22. The third-order valence-corrected chi connectivity index (χ3v) is 6.22. The fourth-order valence-electron chi connectivity index (χ4n) is 4.42. The Bertz CT molecular complexity index is 918. The molecular weight excluding hydrogens is 392 g/mol. The largest absolute Gasteiger partial charge is 0.378 e. The molecule has 3 heterocycles. The van der Waals surface area contributed by atoms with Crippen LogP contribution in [0.2, 0.25) is 0 Å². The van der Waals surface area contributed by atoms with Crippen molar-refractivity contribution in [1.29, 1.82) is 0 Å². The van der Waals surface area contributed by atoms with Crippen LogP contribution in [0.3, 0.4) is 0 Å². The van der Waals surface area contributed by atoms with Gasteiger partial charge in [0.2, 0.25) is 5.91 Å². The van der Waals surface area contributed by atoms with Gasteiger partial charge in [-0.2, -0.15) is 0 Å². The highest BCUT2D eigenvalue weighted by atomic mass is 16.5. The summed E-state index contributed by atoms with van der Waals surface area (Å²) in [5.41, 5.74) is 3.34. The first kappa shape index (κ1) is 21.4. The van der Waals surface area contributed by atoms with E-state index in [1.165, 1.54) is 0 Å². The molecule has 31 heavy (non-hydrogen) atoms. The number of piperidine rings is 1. The summed E-state index contributed by atoms with van der Waals surface area (Å²) in [6.45, 7) is 7.77. The van der Waals surface area contributed by atoms with Crippen LogP contribution in [0.5, 0.6) is 0 Å². The van der Waals surface area contributed by atoms with E-state index in [-0.39, 0.29) is 17.7 Å². The van der Waals surface area contributed by atoms with E-state index in [9.17, 15) is 9.59 Å². The van der Waals surface area contributed by atoms with Crippen LogP contribution in [0.25, 0.3) is 0 Å². The maximum absolute atomic E-state index is 12.9. The minimum atomic E-state index is 0.0615. The number of hydrogen-bond acceptors (Lipinski definition) is 5. The van der Waals surface area contributed by atoms with E-state index in [0.29, 0.717) is 44.8 Å². The number of ether oxygens (including phenoxy) is 1. The van der Waals surface area contributed by atoms with Crippen molar-refractivity contribution in [1.82, 2.24) is 19.8 Å². The summed E-state index contributed by atoms with van der Waals surface area (Å²) in [6, 6.07) is 9.41. The molecule has 7 nitrogen and oxygen atoms in total. The first-order valence-electron chi connectivity index (χ1n) is 11.1. The van der Waals surface area contributed by atoms with Crippen molar-refractivity contribution in [3.8, 4) is 0 Å². The smallest absolute Gasteiger partial charge is 0.253 e. The Hall–Kier alpha value is -2.80. The van der Waals surface area contributed by atoms with Gasteiger partial charge in [-0.15, -0.1) is 0 Å². The molecule has 0 radical (unpaired) electrons. The predicted molar refractivity (Wildman–Crippen MR) is 117 cm³/mol. The van der Waals surface area contributed by atoms with Gasteiger partial charge in [0.15, 0.2) is 0 Å². The maximum Gasteiger partial charge on any atom is 0.253 e. The second-order valence-corrected chi connectivity index (χ2v) is 8.36. The molecule has 0 spiro atoms. The normalized spacial score (nSPS) is 19.4. The predicted octanol–water partition coefficient (Wildman–Crippen LogP) is 2.51. The summed E-state index contributed by atoms with van der Waals surface area (Å²) >= 11 is 0. The molecule has 7 heteroatoms. The van der Waals surface area contributed by atoms with E-state index in [1.807, 2.05) is 54.0 Å². The average molecular weight is 423 g/mol. The summed E-state index contributed by atoms with van der Waals surface area (Å²) < 4.78 is 5.34. The van der Waals surface area contributed by atoms with Crippen LogP contribution in [0.15, 0.2) is 30.3 Å². The fraction of sp³-hybridized carbons (Fsp3) is 0.500. The van der Waals surface area contributed by atoms with Gasteiger partial charge in [-0.3, -0.25) is 9.59 Å². The number of aryl methyl sites for hydroxylation is 2. The minimum Gasteiger partial charge on any atom is -0.378 e. The Labute approximate surface area is 183 Å². The van der Waals surface area contributed by atoms with Gasteiger partial charge in [-0.05, 0) is 38.8 Å². The van der Waals surface area contributed by atoms with E-state index < -0.39 is 0 Å². The highest BCUT2D eigenvalue weighted by molar-refractivity contribution is 5.94. The molecule has 2 fully saturated rings. The Kier molecular flexibility index (Phi) is 6.61. The van der Waals surface area contributed by atoms with Crippen molar-refractivity contribution in [2.24, 2.45) is 0 Å². The van der Waals surface area contributed by atoms with Gasteiger partial charge in [0.05, 0.1) is 19.6 Å². The molecule has 164 valence electrons. The standard InChI is InChI=1S/C24H30N4O3/c1-17-21(15-22(29)27-11-13-31-14-12-27)18(2)26-23(25-17)20-9-6-10-28(16-20)24(30)19-7-4-3-5-8-19/h3-5,7-8,20H,6,9-16H2,1-2H3/t20-/m0/s1. The van der Waals surface area contributed by atoms with Gasteiger partial charge in [0.1, 0.15) is 5.82 Å². The van der Waals surface area contributed by atoms with E-state index in [1.54, 1.807) is 0 Å². The lowest BCUT2D eigenvalue weighted by molar-refractivity contribution is -0.134. The Morgan fingerprint density at radius 3 is 2.35 bits per heavy atom. The summed E-state index contributed by atoms with van der Waals surface area (Å²) in [6.07, 6.45) is 2.21. The lowest BCUT2D eigenvalue weighted by atomic mass is 9.95. The second kappa shape index (κ2) is 9.56. The number of carbonyl (C=O) groups excluding carboxylic acids is 2. The Balaban J connectivity index is 1.47. The maximum atomic E-state index is 12.9. The molecule has 2 aliphatic heterocycles. The van der Waals surface area contributed by atoms with Crippen molar-refractivity contribution in [2.75, 3.05) is 39.4 Å². The molecule has 2 amide bonds. The quantitative estimate of drug-likeness (QED) is 0.757. The van der Waals surface area contributed by atoms with Gasteiger partial charge in [-0.1, -0.05) is 18.2 Å². The average Bonchev–Trinajstić information content (AvgIpc) is 2.82. The topological polar surface area (TPSA) is 75.6 Å². The number of aromatic nitrogens is 2. The Morgan fingerprint density at radius 1 is 1.00 bits per heavy atom. The van der Waals surface area contributed by atoms with Crippen LogP contribution >= 0.6 is 0 Å². The molecule has 2 saturated heterocycles. The van der Waals surface area contributed by atoms with Gasteiger partial charge in [-0.25, -0.2) is 9.97 Å². The zero-order chi connectivity index (χ0) is 21.8. The van der Waals surface area contributed by atoms with E-state index in [4.69, 9.17) is 14.7 Å². The molecule has 2 aromatic rings. The molecule has 0 N–H and O–H groups in total. The van der Waals surface area contributed by atoms with Crippen LogP contribution in [-0.2, 0) is 16.0 Å². The van der Waals surface area contributed by atoms with Gasteiger partial charge >= 0.3 is 0 Å². The molecule has 2 aliphatic rings. The second-order valence-electron chi connectivity index (χ2n) is 8.36. The van der Waals surface area contributed by atoms with Crippen molar-refractivity contribution < 1.29 is 14.3 Å². The van der Waals surface area contributed by atoms with Crippen LogP contribution in [-0.4, -0.2) is 71.0 Å². The van der Waals surface area contributed by atoms with Crippen molar-refractivity contribution in [2.45, 2.75) is 39.0 Å². The lowest BCUT2D eigenvalue weighted by Gasteiger charge is -2.32. The highest BCUT2D eigenvalue weighted by Crippen LogP contribution is 2.27. The van der Waals surface area contributed by atoms with Crippen LogP contribution in [0.4, 0.5) is 0 Å². The molecule has 1 aromatic carbocycles. The zero-order valence-electron chi connectivity index (χ0n) is 18.3. The summed E-state index contributed by atoms with van der Waals surface area (Å²) in [7, 11) is 0. The molecule has 0 aliphatic carbocycles. The summed E-state index contributed by atoms with van der Waals surface area (Å²) in [4.78, 5) is 38.9. The number of morpholine rings is 1. The molecule has 0 saturated carbocycles. The zero-order valence-corrected chi connectivity index (χ0v) is 18.3. The van der Waals surface area contributed by atoms with Crippen molar-refractivity contribution in [3.05, 3.63) is 58.7 Å². The number of carbonyl (C=O) groups is 2. The van der Waals surface area contributed by atoms with Crippen LogP contribution in [0.1, 0.15) is 51.9 Å². The Morgan fingerprint density at radius 2 is 1.68 bits per heavy atom. The van der Waals surface area contributed by atoms with E-state index in [2.05, 4.69) is 0 Å². The number of amides is 2. The van der Waals surface area contributed by atoms with E-state index in [0.717, 1.165) is 42.2 Å². The monoisotopic (exact) mass is 422 g/mol. The molecule has 4 rings (SSSR count). The molecule has 1 aromatic heterocycles. The van der Waals surface area contributed by atoms with Gasteiger partial charge in [0.25, 0.3) is 5.91 Å². The number of benzene rings is 1.